The molecule has 2 nitrogen and oxygen atoms in total. The number of nitrogens with two attached hydrogens (primary N) is 1. The smallest absolute Gasteiger partial charge is 0.0484 e. The zero-order valence-electron chi connectivity index (χ0n) is 9.98. The maximum absolute atomic E-state index is 6.02. The molecule has 1 aliphatic carbocycles. The molecule has 3 atom stereocenters. The fourth-order valence-electron chi connectivity index (χ4n) is 3.53. The molecule has 1 aromatic rings. The first-order chi connectivity index (χ1) is 8.29. The number of hydrogen-bond acceptors (Lipinski definition) is 2. The second-order valence-corrected chi connectivity index (χ2v) is 6.16. The summed E-state index contributed by atoms with van der Waals surface area (Å²) < 4.78 is 1.19. The minimum absolute atomic E-state index is 0.390. The Morgan fingerprint density at radius 1 is 1.35 bits per heavy atom. The van der Waals surface area contributed by atoms with Crippen molar-refractivity contribution >= 4 is 15.9 Å². The lowest BCUT2D eigenvalue weighted by Crippen LogP contribution is -2.39. The molecule has 2 bridgehead atoms. The van der Waals surface area contributed by atoms with Gasteiger partial charge in [0.1, 0.15) is 0 Å². The quantitative estimate of drug-likeness (QED) is 0.929. The minimum Gasteiger partial charge on any atom is -0.329 e. The second kappa shape index (κ2) is 4.71. The average Bonchev–Trinajstić information content (AvgIpc) is 2.95. The third-order valence-corrected chi connectivity index (χ3v) is 5.06. The number of hydrogen-bond donors (Lipinski definition) is 1. The molecule has 1 saturated heterocycles. The highest BCUT2D eigenvalue weighted by atomic mass is 79.9. The third-order valence-electron chi connectivity index (χ3n) is 4.34. The summed E-state index contributed by atoms with van der Waals surface area (Å²) in [7, 11) is 0. The van der Waals surface area contributed by atoms with Gasteiger partial charge in [-0.3, -0.25) is 4.90 Å². The monoisotopic (exact) mass is 294 g/mol. The van der Waals surface area contributed by atoms with Crippen LogP contribution in [0.3, 0.4) is 0 Å². The second-order valence-electron chi connectivity index (χ2n) is 5.30. The molecular formula is C14H19BrN2. The summed E-state index contributed by atoms with van der Waals surface area (Å²) in [4.78, 5) is 2.63. The molecule has 2 aliphatic rings. The highest BCUT2D eigenvalue weighted by Gasteiger charge is 2.41. The SMILES string of the molecule is NCC(c1ccccc1Br)N1CC2CCC1C2. The van der Waals surface area contributed by atoms with Gasteiger partial charge in [-0.2, -0.15) is 0 Å². The molecule has 0 radical (unpaired) electrons. The van der Waals surface area contributed by atoms with Gasteiger partial charge in [0.15, 0.2) is 0 Å². The minimum atomic E-state index is 0.390. The molecule has 3 unspecified atom stereocenters. The Morgan fingerprint density at radius 2 is 2.18 bits per heavy atom. The molecule has 1 saturated carbocycles. The van der Waals surface area contributed by atoms with Crippen LogP contribution in [0.15, 0.2) is 28.7 Å². The van der Waals surface area contributed by atoms with Crippen LogP contribution < -0.4 is 5.73 Å². The lowest BCUT2D eigenvalue weighted by Gasteiger charge is -2.35. The van der Waals surface area contributed by atoms with Crippen molar-refractivity contribution in [3.05, 3.63) is 34.3 Å². The first kappa shape index (κ1) is 11.7. The summed E-state index contributed by atoms with van der Waals surface area (Å²) in [6.45, 7) is 1.96. The standard InChI is InChI=1S/C14H19BrN2/c15-13-4-2-1-3-12(13)14(8-16)17-9-10-5-6-11(17)7-10/h1-4,10-11,14H,5-9,16H2. The Labute approximate surface area is 111 Å². The Morgan fingerprint density at radius 3 is 2.76 bits per heavy atom. The summed E-state index contributed by atoms with van der Waals surface area (Å²) in [6, 6.07) is 9.66. The summed E-state index contributed by atoms with van der Waals surface area (Å²) in [6.07, 6.45) is 4.18. The van der Waals surface area contributed by atoms with Crippen LogP contribution in [0.4, 0.5) is 0 Å². The van der Waals surface area contributed by atoms with Gasteiger partial charge in [0.2, 0.25) is 0 Å². The van der Waals surface area contributed by atoms with Gasteiger partial charge in [0.05, 0.1) is 0 Å². The van der Waals surface area contributed by atoms with Crippen molar-refractivity contribution in [2.75, 3.05) is 13.1 Å². The maximum Gasteiger partial charge on any atom is 0.0484 e. The van der Waals surface area contributed by atoms with Crippen molar-refractivity contribution in [3.8, 4) is 0 Å². The van der Waals surface area contributed by atoms with Crippen molar-refractivity contribution in [3.63, 3.8) is 0 Å². The summed E-state index contributed by atoms with van der Waals surface area (Å²) in [5.74, 6) is 0.927. The average molecular weight is 295 g/mol. The van der Waals surface area contributed by atoms with E-state index in [1.165, 1.54) is 35.8 Å². The fraction of sp³-hybridized carbons (Fsp3) is 0.571. The molecule has 0 spiro atoms. The number of piperidine rings is 1. The van der Waals surface area contributed by atoms with Crippen molar-refractivity contribution in [1.82, 2.24) is 4.90 Å². The molecule has 2 N–H and O–H groups in total. The number of likely N-dealkylation sites (tertiary alicyclic amines) is 1. The van der Waals surface area contributed by atoms with Gasteiger partial charge in [-0.1, -0.05) is 34.1 Å². The van der Waals surface area contributed by atoms with Crippen LogP contribution in [0.1, 0.15) is 30.9 Å². The molecule has 92 valence electrons. The van der Waals surface area contributed by atoms with E-state index in [9.17, 15) is 0 Å². The van der Waals surface area contributed by atoms with Crippen molar-refractivity contribution in [2.45, 2.75) is 31.3 Å². The molecule has 3 heteroatoms. The number of rotatable bonds is 3. The maximum atomic E-state index is 6.02. The number of fused-ring (bicyclic) bond motifs is 2. The highest BCUT2D eigenvalue weighted by molar-refractivity contribution is 9.10. The van der Waals surface area contributed by atoms with Crippen molar-refractivity contribution in [1.29, 1.82) is 0 Å². The van der Waals surface area contributed by atoms with Crippen molar-refractivity contribution < 1.29 is 0 Å². The third kappa shape index (κ3) is 2.05. The molecule has 0 aromatic heterocycles. The van der Waals surface area contributed by atoms with E-state index in [0.717, 1.165) is 12.0 Å². The number of nitrogens with zero attached hydrogens (tertiary/aromatic N) is 1. The normalized spacial score (nSPS) is 29.8. The topological polar surface area (TPSA) is 29.3 Å². The molecular weight excluding hydrogens is 276 g/mol. The van der Waals surface area contributed by atoms with E-state index in [-0.39, 0.29) is 0 Å². The van der Waals surface area contributed by atoms with Crippen LogP contribution in [-0.2, 0) is 0 Å². The zero-order chi connectivity index (χ0) is 11.8. The molecule has 1 aliphatic heterocycles. The van der Waals surface area contributed by atoms with E-state index >= 15 is 0 Å². The summed E-state index contributed by atoms with van der Waals surface area (Å²) in [5.41, 5.74) is 7.37. The molecule has 1 heterocycles. The van der Waals surface area contributed by atoms with Gasteiger partial charge in [0, 0.05) is 29.6 Å². The van der Waals surface area contributed by atoms with Crippen LogP contribution in [-0.4, -0.2) is 24.0 Å². The van der Waals surface area contributed by atoms with E-state index < -0.39 is 0 Å². The molecule has 0 amide bonds. The fourth-order valence-corrected chi connectivity index (χ4v) is 4.08. The van der Waals surface area contributed by atoms with Crippen LogP contribution in [0, 0.1) is 5.92 Å². The van der Waals surface area contributed by atoms with Gasteiger partial charge in [0.25, 0.3) is 0 Å². The Hall–Kier alpha value is -0.380. The molecule has 1 aromatic carbocycles. The van der Waals surface area contributed by atoms with Gasteiger partial charge in [-0.05, 0) is 36.8 Å². The molecule has 2 fully saturated rings. The summed E-state index contributed by atoms with van der Waals surface area (Å²) >= 11 is 3.66. The Balaban J connectivity index is 1.87. The first-order valence-corrected chi connectivity index (χ1v) is 7.29. The molecule has 17 heavy (non-hydrogen) atoms. The van der Waals surface area contributed by atoms with E-state index in [1.54, 1.807) is 0 Å². The predicted octanol–water partition coefficient (Wildman–Crippen LogP) is 2.93. The predicted molar refractivity (Wildman–Crippen MR) is 73.8 cm³/mol. The van der Waals surface area contributed by atoms with E-state index in [1.807, 2.05) is 0 Å². The van der Waals surface area contributed by atoms with Crippen LogP contribution in [0.5, 0.6) is 0 Å². The summed E-state index contributed by atoms with van der Waals surface area (Å²) in [5, 5.41) is 0. The zero-order valence-corrected chi connectivity index (χ0v) is 11.6. The van der Waals surface area contributed by atoms with Gasteiger partial charge >= 0.3 is 0 Å². The number of benzene rings is 1. The van der Waals surface area contributed by atoms with E-state index in [0.29, 0.717) is 12.6 Å². The first-order valence-electron chi connectivity index (χ1n) is 6.50. The largest absolute Gasteiger partial charge is 0.329 e. The van der Waals surface area contributed by atoms with E-state index in [4.69, 9.17) is 5.73 Å². The lowest BCUT2D eigenvalue weighted by molar-refractivity contribution is 0.152. The van der Waals surface area contributed by atoms with Gasteiger partial charge < -0.3 is 5.73 Å². The van der Waals surface area contributed by atoms with Crippen LogP contribution >= 0.6 is 15.9 Å². The van der Waals surface area contributed by atoms with Crippen LogP contribution in [0.25, 0.3) is 0 Å². The van der Waals surface area contributed by atoms with Crippen LogP contribution in [0.2, 0.25) is 0 Å². The lowest BCUT2D eigenvalue weighted by atomic mass is 10.0. The highest BCUT2D eigenvalue weighted by Crippen LogP contribution is 2.42. The van der Waals surface area contributed by atoms with Crippen molar-refractivity contribution in [2.24, 2.45) is 11.7 Å². The van der Waals surface area contributed by atoms with E-state index in [2.05, 4.69) is 45.1 Å². The molecule has 3 rings (SSSR count). The Bertz CT molecular complexity index is 407. The Kier molecular flexibility index (Phi) is 3.24. The van der Waals surface area contributed by atoms with Gasteiger partial charge in [-0.15, -0.1) is 0 Å². The number of halogens is 1. The van der Waals surface area contributed by atoms with Gasteiger partial charge in [-0.25, -0.2) is 0 Å².